The van der Waals surface area contributed by atoms with Crippen molar-refractivity contribution in [2.75, 3.05) is 18.8 Å². The second-order valence-electron chi connectivity index (χ2n) is 4.38. The van der Waals surface area contributed by atoms with Gasteiger partial charge in [0.15, 0.2) is 5.96 Å². The minimum Gasteiger partial charge on any atom is -0.357 e. The predicted molar refractivity (Wildman–Crippen MR) is 86.0 cm³/mol. The lowest BCUT2D eigenvalue weighted by molar-refractivity contribution is 0.625. The molecule has 0 radical (unpaired) electrons. The summed E-state index contributed by atoms with van der Waals surface area (Å²) >= 11 is 1.84. The van der Waals surface area contributed by atoms with Crippen LogP contribution in [0.5, 0.6) is 0 Å². The topological polar surface area (TPSA) is 36.4 Å². The Labute approximate surface area is 121 Å². The normalized spacial score (nSPS) is 13.1. The second kappa shape index (κ2) is 9.73. The average molecular weight is 279 g/mol. The number of hydrogen-bond donors (Lipinski definition) is 2. The number of aliphatic imine (C=N–C) groups is 1. The van der Waals surface area contributed by atoms with Crippen molar-refractivity contribution in [1.82, 2.24) is 10.6 Å². The molecule has 0 fully saturated rings. The third-order valence-corrected chi connectivity index (χ3v) is 3.71. The number of hydrogen-bond acceptors (Lipinski definition) is 2. The Balaban J connectivity index is 2.34. The zero-order valence-corrected chi connectivity index (χ0v) is 13.0. The van der Waals surface area contributed by atoms with Crippen LogP contribution in [0, 0.1) is 0 Å². The van der Waals surface area contributed by atoms with E-state index in [1.165, 1.54) is 4.90 Å². The predicted octanol–water partition coefficient (Wildman–Crippen LogP) is 3.13. The van der Waals surface area contributed by atoms with Crippen LogP contribution in [0.2, 0.25) is 0 Å². The molecule has 0 saturated heterocycles. The van der Waals surface area contributed by atoms with Gasteiger partial charge in [-0.2, -0.15) is 0 Å². The quantitative estimate of drug-likeness (QED) is 0.348. The van der Waals surface area contributed by atoms with Crippen LogP contribution in [-0.4, -0.2) is 30.8 Å². The molecule has 1 rings (SSSR count). The van der Waals surface area contributed by atoms with Gasteiger partial charge in [0.05, 0.1) is 6.54 Å². The smallest absolute Gasteiger partial charge is 0.191 e. The molecule has 0 aliphatic heterocycles. The standard InChI is InChI=1S/C15H25N3S/c1-4-13(3)18-15(16-5-2)17-11-12-19-14-9-7-6-8-10-14/h6-10,13H,4-5,11-12H2,1-3H3,(H2,16,17,18). The number of nitrogens with zero attached hydrogens (tertiary/aromatic N) is 1. The largest absolute Gasteiger partial charge is 0.357 e. The monoisotopic (exact) mass is 279 g/mol. The van der Waals surface area contributed by atoms with E-state index in [-0.39, 0.29) is 0 Å². The molecule has 19 heavy (non-hydrogen) atoms. The number of benzene rings is 1. The lowest BCUT2D eigenvalue weighted by Gasteiger charge is -2.16. The van der Waals surface area contributed by atoms with Crippen LogP contribution in [0.15, 0.2) is 40.2 Å². The van der Waals surface area contributed by atoms with E-state index in [2.05, 4.69) is 60.7 Å². The fraction of sp³-hybridized carbons (Fsp3) is 0.533. The van der Waals surface area contributed by atoms with Gasteiger partial charge in [-0.05, 0) is 32.4 Å². The molecular weight excluding hydrogens is 254 g/mol. The minimum atomic E-state index is 0.458. The van der Waals surface area contributed by atoms with Gasteiger partial charge < -0.3 is 10.6 Å². The van der Waals surface area contributed by atoms with Crippen LogP contribution in [0.1, 0.15) is 27.2 Å². The van der Waals surface area contributed by atoms with Gasteiger partial charge in [-0.3, -0.25) is 4.99 Å². The molecule has 106 valence electrons. The third-order valence-electron chi connectivity index (χ3n) is 2.71. The van der Waals surface area contributed by atoms with Crippen molar-refractivity contribution in [3.8, 4) is 0 Å². The summed E-state index contributed by atoms with van der Waals surface area (Å²) in [5.41, 5.74) is 0. The molecule has 3 nitrogen and oxygen atoms in total. The van der Waals surface area contributed by atoms with Gasteiger partial charge in [0.2, 0.25) is 0 Å². The average Bonchev–Trinajstić information content (AvgIpc) is 2.44. The summed E-state index contributed by atoms with van der Waals surface area (Å²) in [4.78, 5) is 5.89. The molecule has 2 N–H and O–H groups in total. The molecule has 0 heterocycles. The maximum atomic E-state index is 4.59. The molecule has 1 atom stereocenters. The lowest BCUT2D eigenvalue weighted by atomic mass is 10.3. The molecule has 0 aromatic heterocycles. The Morgan fingerprint density at radius 2 is 2.00 bits per heavy atom. The maximum absolute atomic E-state index is 4.59. The number of nitrogens with one attached hydrogen (secondary N) is 2. The van der Waals surface area contributed by atoms with E-state index in [9.17, 15) is 0 Å². The van der Waals surface area contributed by atoms with Gasteiger partial charge in [-0.1, -0.05) is 25.1 Å². The molecule has 0 saturated carbocycles. The van der Waals surface area contributed by atoms with E-state index in [4.69, 9.17) is 0 Å². The van der Waals surface area contributed by atoms with Crippen molar-refractivity contribution in [1.29, 1.82) is 0 Å². The number of guanidine groups is 1. The first kappa shape index (κ1) is 15.9. The van der Waals surface area contributed by atoms with Crippen molar-refractivity contribution < 1.29 is 0 Å². The Morgan fingerprint density at radius 1 is 1.26 bits per heavy atom. The molecule has 0 amide bonds. The van der Waals surface area contributed by atoms with Crippen molar-refractivity contribution in [2.24, 2.45) is 4.99 Å². The lowest BCUT2D eigenvalue weighted by Crippen LogP contribution is -2.42. The van der Waals surface area contributed by atoms with Crippen LogP contribution in [0.3, 0.4) is 0 Å². The Morgan fingerprint density at radius 3 is 2.63 bits per heavy atom. The molecule has 1 unspecified atom stereocenters. The van der Waals surface area contributed by atoms with Crippen LogP contribution < -0.4 is 10.6 Å². The van der Waals surface area contributed by atoms with E-state index < -0.39 is 0 Å². The van der Waals surface area contributed by atoms with Crippen LogP contribution in [0.4, 0.5) is 0 Å². The molecule has 1 aromatic carbocycles. The van der Waals surface area contributed by atoms with Gasteiger partial charge in [0.1, 0.15) is 0 Å². The number of thioether (sulfide) groups is 1. The molecule has 1 aromatic rings. The summed E-state index contributed by atoms with van der Waals surface area (Å²) in [5, 5.41) is 6.67. The van der Waals surface area contributed by atoms with Crippen LogP contribution in [-0.2, 0) is 0 Å². The maximum Gasteiger partial charge on any atom is 0.191 e. The van der Waals surface area contributed by atoms with Crippen LogP contribution in [0.25, 0.3) is 0 Å². The van der Waals surface area contributed by atoms with Crippen molar-refractivity contribution in [3.05, 3.63) is 30.3 Å². The Kier molecular flexibility index (Phi) is 8.14. The first-order chi connectivity index (χ1) is 9.26. The Bertz CT molecular complexity index is 365. The zero-order chi connectivity index (χ0) is 13.9. The first-order valence-electron chi connectivity index (χ1n) is 6.99. The van der Waals surface area contributed by atoms with Crippen molar-refractivity contribution in [3.63, 3.8) is 0 Å². The molecule has 0 aliphatic carbocycles. The highest BCUT2D eigenvalue weighted by molar-refractivity contribution is 7.99. The fourth-order valence-electron chi connectivity index (χ4n) is 1.49. The first-order valence-corrected chi connectivity index (χ1v) is 7.97. The zero-order valence-electron chi connectivity index (χ0n) is 12.1. The summed E-state index contributed by atoms with van der Waals surface area (Å²) in [6.07, 6.45) is 1.10. The summed E-state index contributed by atoms with van der Waals surface area (Å²) in [7, 11) is 0. The van der Waals surface area contributed by atoms with E-state index in [0.29, 0.717) is 6.04 Å². The fourth-order valence-corrected chi connectivity index (χ4v) is 2.26. The summed E-state index contributed by atoms with van der Waals surface area (Å²) in [6, 6.07) is 10.9. The van der Waals surface area contributed by atoms with E-state index >= 15 is 0 Å². The molecule has 0 bridgehead atoms. The summed E-state index contributed by atoms with van der Waals surface area (Å²) < 4.78 is 0. The second-order valence-corrected chi connectivity index (χ2v) is 5.54. The SMILES string of the molecule is CCNC(=NCCSc1ccccc1)NC(C)CC. The van der Waals surface area contributed by atoms with Gasteiger partial charge >= 0.3 is 0 Å². The highest BCUT2D eigenvalue weighted by Crippen LogP contribution is 2.16. The van der Waals surface area contributed by atoms with E-state index in [1.54, 1.807) is 0 Å². The van der Waals surface area contributed by atoms with Crippen LogP contribution >= 0.6 is 11.8 Å². The van der Waals surface area contributed by atoms with Gasteiger partial charge in [0, 0.05) is 23.2 Å². The highest BCUT2D eigenvalue weighted by Gasteiger charge is 2.01. The summed E-state index contributed by atoms with van der Waals surface area (Å²) in [5.74, 6) is 1.92. The number of rotatable bonds is 7. The van der Waals surface area contributed by atoms with Gasteiger partial charge in [0.25, 0.3) is 0 Å². The summed E-state index contributed by atoms with van der Waals surface area (Å²) in [6.45, 7) is 8.16. The van der Waals surface area contributed by atoms with Gasteiger partial charge in [-0.15, -0.1) is 11.8 Å². The van der Waals surface area contributed by atoms with E-state index in [0.717, 1.165) is 31.2 Å². The van der Waals surface area contributed by atoms with Crippen molar-refractivity contribution >= 4 is 17.7 Å². The van der Waals surface area contributed by atoms with Gasteiger partial charge in [-0.25, -0.2) is 0 Å². The molecular formula is C15H25N3S. The molecule has 0 aliphatic rings. The third kappa shape index (κ3) is 7.11. The minimum absolute atomic E-state index is 0.458. The Hall–Kier alpha value is -1.16. The van der Waals surface area contributed by atoms with E-state index in [1.807, 2.05) is 17.8 Å². The highest BCUT2D eigenvalue weighted by atomic mass is 32.2. The molecule has 0 spiro atoms. The van der Waals surface area contributed by atoms with Crippen molar-refractivity contribution in [2.45, 2.75) is 38.1 Å². The molecule has 4 heteroatoms.